The molecule has 1 atom stereocenters. The molecule has 182 valence electrons. The number of fused-ring (bicyclic) bond motifs is 1. The maximum Gasteiger partial charge on any atom is 0.245 e. The molecule has 0 radical (unpaired) electrons. The summed E-state index contributed by atoms with van der Waals surface area (Å²) >= 11 is 0. The highest BCUT2D eigenvalue weighted by Gasteiger charge is 2.26. The molecule has 0 bridgehead atoms. The molecule has 5 heterocycles. The van der Waals surface area contributed by atoms with Crippen LogP contribution in [-0.2, 0) is 4.79 Å². The van der Waals surface area contributed by atoms with Crippen LogP contribution < -0.4 is 4.74 Å². The van der Waals surface area contributed by atoms with Gasteiger partial charge in [0.2, 0.25) is 11.8 Å². The summed E-state index contributed by atoms with van der Waals surface area (Å²) in [5.74, 6) is 0.432. The number of carbonyl (C=O) groups is 1. The van der Waals surface area contributed by atoms with Crippen molar-refractivity contribution in [3.63, 3.8) is 0 Å². The van der Waals surface area contributed by atoms with Gasteiger partial charge in [0.05, 0.1) is 23.6 Å². The van der Waals surface area contributed by atoms with Gasteiger partial charge in [-0.05, 0) is 51.0 Å². The van der Waals surface area contributed by atoms with Gasteiger partial charge >= 0.3 is 0 Å². The molecule has 4 aromatic heterocycles. The second kappa shape index (κ2) is 9.62. The summed E-state index contributed by atoms with van der Waals surface area (Å²) in [4.78, 5) is 22.5. The molecule has 5 rings (SSSR count). The van der Waals surface area contributed by atoms with Gasteiger partial charge in [0, 0.05) is 30.9 Å². The fourth-order valence-electron chi connectivity index (χ4n) is 4.65. The summed E-state index contributed by atoms with van der Waals surface area (Å²) < 4.78 is 9.93. The number of imidazole rings is 1. The van der Waals surface area contributed by atoms with Gasteiger partial charge in [-0.15, -0.1) is 5.10 Å². The number of likely N-dealkylation sites (tertiary alicyclic amines) is 1. The minimum absolute atomic E-state index is 0.0401. The van der Waals surface area contributed by atoms with Crippen LogP contribution in [0.5, 0.6) is 5.88 Å². The topological polar surface area (TPSA) is 114 Å². The molecule has 1 aliphatic heterocycles. The average molecular weight is 483 g/mol. The van der Waals surface area contributed by atoms with Crippen molar-refractivity contribution < 1.29 is 9.53 Å². The monoisotopic (exact) mass is 482 g/mol. The summed E-state index contributed by atoms with van der Waals surface area (Å²) in [5.41, 5.74) is 4.17. The first-order valence-electron chi connectivity index (χ1n) is 11.8. The number of piperidine rings is 1. The van der Waals surface area contributed by atoms with Gasteiger partial charge in [-0.3, -0.25) is 14.2 Å². The molecule has 1 aliphatic rings. The largest absolute Gasteiger partial charge is 0.469 e. The maximum absolute atomic E-state index is 11.9. The number of ether oxygens (including phenoxy) is 1. The van der Waals surface area contributed by atoms with E-state index in [0.717, 1.165) is 35.5 Å². The number of pyridine rings is 2. The number of amides is 1. The van der Waals surface area contributed by atoms with E-state index >= 15 is 0 Å². The Kier molecular flexibility index (Phi) is 6.21. The van der Waals surface area contributed by atoms with E-state index in [9.17, 15) is 10.1 Å². The van der Waals surface area contributed by atoms with Gasteiger partial charge in [-0.1, -0.05) is 17.9 Å². The molecule has 1 unspecified atom stereocenters. The molecule has 1 saturated heterocycles. The first-order chi connectivity index (χ1) is 17.5. The number of rotatable bonds is 6. The number of hydrogen-bond acceptors (Lipinski definition) is 7. The minimum Gasteiger partial charge on any atom is -0.469 e. The van der Waals surface area contributed by atoms with E-state index in [1.807, 2.05) is 53.8 Å². The third-order valence-electron chi connectivity index (χ3n) is 6.59. The fraction of sp³-hybridized carbons (Fsp3) is 0.308. The molecule has 10 heteroatoms. The van der Waals surface area contributed by atoms with E-state index in [1.54, 1.807) is 10.6 Å². The van der Waals surface area contributed by atoms with Crippen LogP contribution in [-0.4, -0.2) is 53.3 Å². The van der Waals surface area contributed by atoms with E-state index in [0.29, 0.717) is 30.3 Å². The summed E-state index contributed by atoms with van der Waals surface area (Å²) in [5, 5.41) is 18.6. The van der Waals surface area contributed by atoms with Crippen molar-refractivity contribution in [1.82, 2.24) is 34.3 Å². The molecule has 36 heavy (non-hydrogen) atoms. The summed E-state index contributed by atoms with van der Waals surface area (Å²) in [6.45, 7) is 8.79. The van der Waals surface area contributed by atoms with Gasteiger partial charge in [0.15, 0.2) is 0 Å². The second-order valence-electron chi connectivity index (χ2n) is 8.77. The Morgan fingerprint density at radius 1 is 1.28 bits per heavy atom. The van der Waals surface area contributed by atoms with Crippen LogP contribution in [0.4, 0.5) is 0 Å². The van der Waals surface area contributed by atoms with Crippen molar-refractivity contribution in [2.75, 3.05) is 13.1 Å². The van der Waals surface area contributed by atoms with Crippen molar-refractivity contribution in [2.45, 2.75) is 38.8 Å². The summed E-state index contributed by atoms with van der Waals surface area (Å²) in [6, 6.07) is 11.7. The van der Waals surface area contributed by atoms with Gasteiger partial charge in [0.25, 0.3) is 0 Å². The quantitative estimate of drug-likeness (QED) is 0.385. The van der Waals surface area contributed by atoms with Crippen molar-refractivity contribution in [2.24, 2.45) is 0 Å². The van der Waals surface area contributed by atoms with Crippen LogP contribution in [0.2, 0.25) is 0 Å². The molecular weight excluding hydrogens is 456 g/mol. The summed E-state index contributed by atoms with van der Waals surface area (Å²) in [6.07, 6.45) is 5.85. The second-order valence-corrected chi connectivity index (χ2v) is 8.77. The molecule has 1 fully saturated rings. The lowest BCUT2D eigenvalue weighted by molar-refractivity contribution is -0.127. The highest BCUT2D eigenvalue weighted by Crippen LogP contribution is 2.32. The fourth-order valence-corrected chi connectivity index (χ4v) is 4.65. The predicted octanol–water partition coefficient (Wildman–Crippen LogP) is 3.66. The molecule has 10 nitrogen and oxygen atoms in total. The Morgan fingerprint density at radius 3 is 2.78 bits per heavy atom. The zero-order chi connectivity index (χ0) is 25.2. The van der Waals surface area contributed by atoms with Crippen molar-refractivity contribution in [3.05, 3.63) is 72.5 Å². The highest BCUT2D eigenvalue weighted by atomic mass is 16.5. The Labute approximate surface area is 208 Å². The highest BCUT2D eigenvalue weighted by molar-refractivity contribution is 5.87. The predicted molar refractivity (Wildman–Crippen MR) is 132 cm³/mol. The van der Waals surface area contributed by atoms with Crippen LogP contribution in [0.1, 0.15) is 49.0 Å². The zero-order valence-corrected chi connectivity index (χ0v) is 20.2. The van der Waals surface area contributed by atoms with Crippen LogP contribution in [0.15, 0.2) is 55.4 Å². The van der Waals surface area contributed by atoms with E-state index in [-0.39, 0.29) is 18.1 Å². The van der Waals surface area contributed by atoms with E-state index in [2.05, 4.69) is 32.9 Å². The van der Waals surface area contributed by atoms with Crippen LogP contribution in [0.3, 0.4) is 0 Å². The maximum atomic E-state index is 11.9. The lowest BCUT2D eigenvalue weighted by Gasteiger charge is -2.31. The standard InChI is InChI=1S/C26H26N8O2/c1-4-24(35)32-11-8-20(9-12-32)34-17(2)26(30-31-34)19-13-23-29-16-21(15-27)33(23)25(14-19)36-18(3)22-7-5-6-10-28-22/h4-7,10,13-14,16,18,20H,1,8-9,11-12H2,2-3H3. The van der Waals surface area contributed by atoms with Gasteiger partial charge < -0.3 is 9.64 Å². The Hall–Kier alpha value is -4.52. The van der Waals surface area contributed by atoms with Crippen LogP contribution in [0, 0.1) is 18.3 Å². The third kappa shape index (κ3) is 4.20. The smallest absolute Gasteiger partial charge is 0.245 e. The molecule has 0 N–H and O–H groups in total. The first-order valence-corrected chi connectivity index (χ1v) is 11.8. The van der Waals surface area contributed by atoms with Crippen molar-refractivity contribution in [3.8, 4) is 23.2 Å². The Balaban J connectivity index is 1.48. The molecule has 0 aliphatic carbocycles. The molecular formula is C26H26N8O2. The number of nitrogens with zero attached hydrogens (tertiary/aromatic N) is 8. The van der Waals surface area contributed by atoms with Crippen LogP contribution >= 0.6 is 0 Å². The van der Waals surface area contributed by atoms with Crippen molar-refractivity contribution >= 4 is 11.6 Å². The normalized spacial score (nSPS) is 15.0. The molecule has 0 saturated carbocycles. The number of aromatic nitrogens is 6. The van der Waals surface area contributed by atoms with Gasteiger partial charge in [0.1, 0.15) is 29.2 Å². The first kappa shape index (κ1) is 23.2. The van der Waals surface area contributed by atoms with E-state index in [4.69, 9.17) is 4.74 Å². The molecule has 0 aromatic carbocycles. The SMILES string of the molecule is C=CC(=O)N1CCC(n2nnc(-c3cc(OC(C)c4ccccn4)n4c(C#N)cnc4c3)c2C)CC1. The lowest BCUT2D eigenvalue weighted by atomic mass is 10.0. The Morgan fingerprint density at radius 2 is 2.08 bits per heavy atom. The summed E-state index contributed by atoms with van der Waals surface area (Å²) in [7, 11) is 0. The average Bonchev–Trinajstić information content (AvgIpc) is 3.52. The minimum atomic E-state index is -0.348. The number of hydrogen-bond donors (Lipinski definition) is 0. The van der Waals surface area contributed by atoms with Gasteiger partial charge in [-0.2, -0.15) is 5.26 Å². The molecule has 1 amide bonds. The van der Waals surface area contributed by atoms with E-state index < -0.39 is 0 Å². The molecule has 0 spiro atoms. The van der Waals surface area contributed by atoms with Gasteiger partial charge in [-0.25, -0.2) is 9.67 Å². The molecule has 4 aromatic rings. The third-order valence-corrected chi connectivity index (χ3v) is 6.59. The Bertz CT molecular complexity index is 1460. The number of carbonyl (C=O) groups excluding carboxylic acids is 1. The van der Waals surface area contributed by atoms with Crippen molar-refractivity contribution in [1.29, 1.82) is 5.26 Å². The zero-order valence-electron chi connectivity index (χ0n) is 20.2. The van der Waals surface area contributed by atoms with E-state index in [1.165, 1.54) is 12.3 Å². The lowest BCUT2D eigenvalue weighted by Crippen LogP contribution is -2.38. The number of nitriles is 1. The van der Waals surface area contributed by atoms with Crippen LogP contribution in [0.25, 0.3) is 16.9 Å².